The summed E-state index contributed by atoms with van der Waals surface area (Å²) >= 11 is 0. The molecule has 136 valence electrons. The van der Waals surface area contributed by atoms with E-state index in [9.17, 15) is 4.79 Å². The van der Waals surface area contributed by atoms with Gasteiger partial charge in [-0.05, 0) is 25.7 Å². The van der Waals surface area contributed by atoms with Crippen molar-refractivity contribution in [2.45, 2.75) is 31.8 Å². The third-order valence-electron chi connectivity index (χ3n) is 5.27. The van der Waals surface area contributed by atoms with Crippen LogP contribution in [0.3, 0.4) is 0 Å². The van der Waals surface area contributed by atoms with Crippen LogP contribution in [0.5, 0.6) is 0 Å². The fourth-order valence-corrected chi connectivity index (χ4v) is 3.84. The zero-order chi connectivity index (χ0) is 17.2. The summed E-state index contributed by atoms with van der Waals surface area (Å²) in [5.41, 5.74) is 5.94. The average Bonchev–Trinajstić information content (AvgIpc) is 3.34. The smallest absolute Gasteiger partial charge is 0.251 e. The lowest BCUT2D eigenvalue weighted by Gasteiger charge is -2.36. The first-order valence-corrected chi connectivity index (χ1v) is 9.25. The maximum atomic E-state index is 12.5. The molecule has 3 aliphatic rings. The predicted octanol–water partition coefficient (Wildman–Crippen LogP) is 0.487. The van der Waals surface area contributed by atoms with Crippen LogP contribution < -0.4 is 15.5 Å². The summed E-state index contributed by atoms with van der Waals surface area (Å²) in [6.07, 6.45) is 3.99. The van der Waals surface area contributed by atoms with E-state index in [4.69, 9.17) is 10.5 Å². The highest BCUT2D eigenvalue weighted by molar-refractivity contribution is 5.81. The van der Waals surface area contributed by atoms with Crippen LogP contribution in [-0.2, 0) is 9.53 Å². The second kappa shape index (κ2) is 7.03. The van der Waals surface area contributed by atoms with Gasteiger partial charge in [-0.15, -0.1) is 0 Å². The fourth-order valence-electron chi connectivity index (χ4n) is 3.84. The molecule has 1 aromatic heterocycles. The number of anilines is 3. The molecule has 1 atom stereocenters. The molecule has 1 amide bonds. The minimum Gasteiger partial charge on any atom is -0.368 e. The van der Waals surface area contributed by atoms with Crippen molar-refractivity contribution in [3.05, 3.63) is 6.07 Å². The molecule has 3 aliphatic heterocycles. The molecular formula is C17H26N6O2. The van der Waals surface area contributed by atoms with E-state index in [2.05, 4.69) is 19.8 Å². The molecule has 8 nitrogen and oxygen atoms in total. The van der Waals surface area contributed by atoms with Gasteiger partial charge in [-0.1, -0.05) is 0 Å². The van der Waals surface area contributed by atoms with E-state index in [0.717, 1.165) is 50.7 Å². The Kier molecular flexibility index (Phi) is 4.61. The Morgan fingerprint density at radius 3 is 2.24 bits per heavy atom. The van der Waals surface area contributed by atoms with Gasteiger partial charge in [-0.2, -0.15) is 9.97 Å². The van der Waals surface area contributed by atoms with Crippen molar-refractivity contribution in [2.24, 2.45) is 0 Å². The van der Waals surface area contributed by atoms with Gasteiger partial charge >= 0.3 is 0 Å². The molecule has 0 radical (unpaired) electrons. The largest absolute Gasteiger partial charge is 0.368 e. The van der Waals surface area contributed by atoms with E-state index >= 15 is 0 Å². The lowest BCUT2D eigenvalue weighted by Crippen LogP contribution is -2.51. The van der Waals surface area contributed by atoms with E-state index in [0.29, 0.717) is 25.6 Å². The number of carbonyl (C=O) groups excluding carboxylic acids is 1. The third kappa shape index (κ3) is 3.49. The number of ether oxygens (including phenoxy) is 1. The Bertz CT molecular complexity index is 620. The molecule has 4 heterocycles. The van der Waals surface area contributed by atoms with Crippen LogP contribution >= 0.6 is 0 Å². The van der Waals surface area contributed by atoms with Gasteiger partial charge in [0.2, 0.25) is 5.95 Å². The number of amides is 1. The third-order valence-corrected chi connectivity index (χ3v) is 5.27. The molecule has 1 aromatic rings. The molecule has 0 aromatic carbocycles. The zero-order valence-corrected chi connectivity index (χ0v) is 14.6. The number of carbonyl (C=O) groups is 1. The second-order valence-electron chi connectivity index (χ2n) is 6.95. The van der Waals surface area contributed by atoms with Crippen LogP contribution in [0.4, 0.5) is 17.6 Å². The summed E-state index contributed by atoms with van der Waals surface area (Å²) in [5.74, 6) is 2.23. The van der Waals surface area contributed by atoms with E-state index in [1.54, 1.807) is 0 Å². The van der Waals surface area contributed by atoms with Crippen molar-refractivity contribution >= 4 is 23.5 Å². The van der Waals surface area contributed by atoms with Crippen molar-refractivity contribution in [1.29, 1.82) is 0 Å². The van der Waals surface area contributed by atoms with Gasteiger partial charge in [0.25, 0.3) is 5.91 Å². The van der Waals surface area contributed by atoms with E-state index in [1.165, 1.54) is 12.8 Å². The number of nitrogen functional groups attached to an aromatic ring is 1. The molecular weight excluding hydrogens is 320 g/mol. The molecule has 25 heavy (non-hydrogen) atoms. The summed E-state index contributed by atoms with van der Waals surface area (Å²) in [7, 11) is 0. The van der Waals surface area contributed by atoms with Crippen LogP contribution in [0.1, 0.15) is 25.7 Å². The highest BCUT2D eigenvalue weighted by atomic mass is 16.5. The molecule has 3 saturated heterocycles. The summed E-state index contributed by atoms with van der Waals surface area (Å²) in [6, 6.07) is 2.03. The molecule has 0 bridgehead atoms. The molecule has 0 unspecified atom stereocenters. The Balaban J connectivity index is 1.41. The molecule has 4 rings (SSSR count). The minimum absolute atomic E-state index is 0.136. The van der Waals surface area contributed by atoms with E-state index in [-0.39, 0.29) is 12.0 Å². The molecule has 0 spiro atoms. The standard InChI is InChI=1S/C17H26N6O2/c18-17-19-14(21-5-1-2-6-21)12-15(20-17)22-7-9-23(10-8-22)16(24)13-4-3-11-25-13/h12-13H,1-11H2,(H2,18,19,20)/t13-/m1/s1. The Hall–Kier alpha value is -2.09. The van der Waals surface area contributed by atoms with Gasteiger partial charge in [0.15, 0.2) is 0 Å². The average molecular weight is 346 g/mol. The first kappa shape index (κ1) is 16.4. The Morgan fingerprint density at radius 1 is 1.00 bits per heavy atom. The van der Waals surface area contributed by atoms with Gasteiger partial charge in [-0.3, -0.25) is 4.79 Å². The van der Waals surface area contributed by atoms with Gasteiger partial charge in [0.1, 0.15) is 17.7 Å². The number of hydrogen-bond donors (Lipinski definition) is 1. The van der Waals surface area contributed by atoms with Crippen LogP contribution in [-0.4, -0.2) is 72.8 Å². The minimum atomic E-state index is -0.233. The maximum Gasteiger partial charge on any atom is 0.251 e. The van der Waals surface area contributed by atoms with Crippen molar-refractivity contribution < 1.29 is 9.53 Å². The number of piperazine rings is 1. The highest BCUT2D eigenvalue weighted by Crippen LogP contribution is 2.24. The highest BCUT2D eigenvalue weighted by Gasteiger charge is 2.30. The van der Waals surface area contributed by atoms with Gasteiger partial charge in [-0.25, -0.2) is 0 Å². The van der Waals surface area contributed by atoms with Gasteiger partial charge in [0, 0.05) is 51.9 Å². The van der Waals surface area contributed by atoms with Crippen molar-refractivity contribution in [1.82, 2.24) is 14.9 Å². The van der Waals surface area contributed by atoms with E-state index in [1.807, 2.05) is 11.0 Å². The van der Waals surface area contributed by atoms with Crippen molar-refractivity contribution in [2.75, 3.05) is 61.4 Å². The van der Waals surface area contributed by atoms with Crippen LogP contribution in [0.2, 0.25) is 0 Å². The van der Waals surface area contributed by atoms with Crippen LogP contribution in [0.15, 0.2) is 6.07 Å². The van der Waals surface area contributed by atoms with E-state index < -0.39 is 0 Å². The topological polar surface area (TPSA) is 87.8 Å². The SMILES string of the molecule is Nc1nc(N2CCCC2)cc(N2CCN(C(=O)[C@H]3CCCO3)CC2)n1. The molecule has 0 aliphatic carbocycles. The molecule has 2 N–H and O–H groups in total. The Morgan fingerprint density at radius 2 is 1.64 bits per heavy atom. The number of aromatic nitrogens is 2. The van der Waals surface area contributed by atoms with Crippen molar-refractivity contribution in [3.63, 3.8) is 0 Å². The second-order valence-corrected chi connectivity index (χ2v) is 6.95. The molecule has 3 fully saturated rings. The number of nitrogens with two attached hydrogens (primary N) is 1. The number of hydrogen-bond acceptors (Lipinski definition) is 7. The lowest BCUT2D eigenvalue weighted by atomic mass is 10.2. The van der Waals surface area contributed by atoms with Gasteiger partial charge in [0.05, 0.1) is 0 Å². The van der Waals surface area contributed by atoms with Gasteiger partial charge < -0.3 is 25.2 Å². The van der Waals surface area contributed by atoms with Crippen molar-refractivity contribution in [3.8, 4) is 0 Å². The maximum absolute atomic E-state index is 12.5. The monoisotopic (exact) mass is 346 g/mol. The number of rotatable bonds is 3. The first-order valence-electron chi connectivity index (χ1n) is 9.25. The summed E-state index contributed by atoms with van der Waals surface area (Å²) in [5, 5.41) is 0. The lowest BCUT2D eigenvalue weighted by molar-refractivity contribution is -0.141. The summed E-state index contributed by atoms with van der Waals surface area (Å²) in [4.78, 5) is 27.6. The van der Waals surface area contributed by atoms with Crippen LogP contribution in [0.25, 0.3) is 0 Å². The zero-order valence-electron chi connectivity index (χ0n) is 14.6. The first-order chi connectivity index (χ1) is 12.2. The summed E-state index contributed by atoms with van der Waals surface area (Å²) in [6.45, 7) is 5.67. The quantitative estimate of drug-likeness (QED) is 0.852. The number of nitrogens with zero attached hydrogens (tertiary/aromatic N) is 5. The normalized spacial score (nSPS) is 24.2. The fraction of sp³-hybridized carbons (Fsp3) is 0.706. The Labute approximate surface area is 147 Å². The predicted molar refractivity (Wildman–Crippen MR) is 95.7 cm³/mol. The van der Waals surface area contributed by atoms with Crippen LogP contribution in [0, 0.1) is 0 Å². The molecule has 0 saturated carbocycles. The molecule has 8 heteroatoms. The summed E-state index contributed by atoms with van der Waals surface area (Å²) < 4.78 is 5.52.